The zero-order valence-corrected chi connectivity index (χ0v) is 17.2. The molecule has 1 fully saturated rings. The SMILES string of the molecule is CC1CCN(c2ccc(C(=O)NCCc3ccc(OC(F)F)cc3)cc2[N+](=O)[O-])CC1. The van der Waals surface area contributed by atoms with Crippen LogP contribution in [0.1, 0.15) is 35.7 Å². The fourth-order valence-electron chi connectivity index (χ4n) is 3.59. The highest BCUT2D eigenvalue weighted by Crippen LogP contribution is 2.32. The molecule has 31 heavy (non-hydrogen) atoms. The van der Waals surface area contributed by atoms with Crippen molar-refractivity contribution in [2.24, 2.45) is 5.92 Å². The second kappa shape index (κ2) is 10.2. The molecular formula is C22H25F2N3O4. The predicted molar refractivity (Wildman–Crippen MR) is 113 cm³/mol. The lowest BCUT2D eigenvalue weighted by atomic mass is 9.98. The predicted octanol–water partition coefficient (Wildman–Crippen LogP) is 4.41. The average molecular weight is 433 g/mol. The molecule has 1 aliphatic rings. The molecule has 0 aliphatic carbocycles. The van der Waals surface area contributed by atoms with E-state index in [9.17, 15) is 23.7 Å². The molecular weight excluding hydrogens is 408 g/mol. The molecule has 9 heteroatoms. The van der Waals surface area contributed by atoms with Crippen LogP contribution >= 0.6 is 0 Å². The van der Waals surface area contributed by atoms with Crippen LogP contribution in [-0.4, -0.2) is 37.1 Å². The minimum atomic E-state index is -2.88. The topological polar surface area (TPSA) is 84.7 Å². The van der Waals surface area contributed by atoms with E-state index in [2.05, 4.69) is 17.0 Å². The third kappa shape index (κ3) is 6.13. The number of hydrogen-bond donors (Lipinski definition) is 1. The molecule has 1 aliphatic heterocycles. The van der Waals surface area contributed by atoms with Gasteiger partial charge in [-0.25, -0.2) is 0 Å². The molecule has 2 aromatic rings. The third-order valence-corrected chi connectivity index (χ3v) is 5.41. The lowest BCUT2D eigenvalue weighted by molar-refractivity contribution is -0.384. The van der Waals surface area contributed by atoms with Gasteiger partial charge in [0.2, 0.25) is 0 Å². The van der Waals surface area contributed by atoms with E-state index >= 15 is 0 Å². The summed E-state index contributed by atoms with van der Waals surface area (Å²) >= 11 is 0. The largest absolute Gasteiger partial charge is 0.435 e. The van der Waals surface area contributed by atoms with Gasteiger partial charge in [-0.1, -0.05) is 19.1 Å². The summed E-state index contributed by atoms with van der Waals surface area (Å²) in [5.41, 5.74) is 1.53. The summed E-state index contributed by atoms with van der Waals surface area (Å²) in [7, 11) is 0. The fraction of sp³-hybridized carbons (Fsp3) is 0.409. The number of carbonyl (C=O) groups is 1. The van der Waals surface area contributed by atoms with Gasteiger partial charge in [0.1, 0.15) is 11.4 Å². The van der Waals surface area contributed by atoms with Gasteiger partial charge in [0.05, 0.1) is 4.92 Å². The van der Waals surface area contributed by atoms with Crippen LogP contribution in [0.3, 0.4) is 0 Å². The van der Waals surface area contributed by atoms with Crippen molar-refractivity contribution in [3.63, 3.8) is 0 Å². The monoisotopic (exact) mass is 433 g/mol. The van der Waals surface area contributed by atoms with E-state index in [0.29, 0.717) is 24.6 Å². The maximum Gasteiger partial charge on any atom is 0.387 e. The van der Waals surface area contributed by atoms with E-state index in [-0.39, 0.29) is 17.0 Å². The number of nitrogens with zero attached hydrogens (tertiary/aromatic N) is 2. The van der Waals surface area contributed by atoms with Crippen molar-refractivity contribution in [3.8, 4) is 5.75 Å². The van der Waals surface area contributed by atoms with Crippen LogP contribution in [0.5, 0.6) is 5.75 Å². The first-order valence-corrected chi connectivity index (χ1v) is 10.2. The minimum absolute atomic E-state index is 0.0679. The summed E-state index contributed by atoms with van der Waals surface area (Å²) in [4.78, 5) is 25.6. The first-order valence-electron chi connectivity index (χ1n) is 10.2. The standard InChI is InChI=1S/C22H25F2N3O4/c1-15-9-12-26(13-10-15)19-7-4-17(14-20(19)27(29)30)21(28)25-11-8-16-2-5-18(6-3-16)31-22(23)24/h2-7,14-15,22H,8-13H2,1H3,(H,25,28). The Labute approximate surface area is 179 Å². The lowest BCUT2D eigenvalue weighted by Crippen LogP contribution is -2.33. The molecule has 166 valence electrons. The zero-order chi connectivity index (χ0) is 22.4. The molecule has 0 radical (unpaired) electrons. The van der Waals surface area contributed by atoms with E-state index < -0.39 is 17.4 Å². The van der Waals surface area contributed by atoms with Crippen LogP contribution in [0.2, 0.25) is 0 Å². The van der Waals surface area contributed by atoms with Gasteiger partial charge in [-0.3, -0.25) is 14.9 Å². The summed E-state index contributed by atoms with van der Waals surface area (Å²) in [6.07, 6.45) is 2.44. The number of nitro groups is 1. The van der Waals surface area contributed by atoms with Gasteiger partial charge in [0, 0.05) is 31.3 Å². The summed E-state index contributed by atoms with van der Waals surface area (Å²) in [5, 5.41) is 14.3. The number of rotatable bonds is 8. The first-order chi connectivity index (χ1) is 14.8. The normalized spacial score (nSPS) is 14.5. The van der Waals surface area contributed by atoms with Crippen molar-refractivity contribution >= 4 is 17.3 Å². The summed E-state index contributed by atoms with van der Waals surface area (Å²) < 4.78 is 28.7. The first kappa shape index (κ1) is 22.5. The Hall–Kier alpha value is -3.23. The number of hydrogen-bond acceptors (Lipinski definition) is 5. The third-order valence-electron chi connectivity index (χ3n) is 5.41. The molecule has 0 spiro atoms. The number of alkyl halides is 2. The lowest BCUT2D eigenvalue weighted by Gasteiger charge is -2.31. The van der Waals surface area contributed by atoms with Crippen LogP contribution < -0.4 is 15.0 Å². The zero-order valence-electron chi connectivity index (χ0n) is 17.2. The van der Waals surface area contributed by atoms with E-state index in [1.54, 1.807) is 24.3 Å². The Bertz CT molecular complexity index is 913. The maximum absolute atomic E-state index is 12.5. The number of amides is 1. The molecule has 0 bridgehead atoms. The number of benzene rings is 2. The van der Waals surface area contributed by atoms with Gasteiger partial charge in [0.15, 0.2) is 0 Å². The molecule has 0 aromatic heterocycles. The molecule has 0 atom stereocenters. The molecule has 0 unspecified atom stereocenters. The Morgan fingerprint density at radius 3 is 2.52 bits per heavy atom. The number of piperidine rings is 1. The van der Waals surface area contributed by atoms with Crippen LogP contribution in [-0.2, 0) is 6.42 Å². The fourth-order valence-corrected chi connectivity index (χ4v) is 3.59. The molecule has 3 rings (SSSR count). The molecule has 1 N–H and O–H groups in total. The molecule has 1 heterocycles. The van der Waals surface area contributed by atoms with Crippen LogP contribution in [0.25, 0.3) is 0 Å². The second-order valence-corrected chi connectivity index (χ2v) is 7.66. The van der Waals surface area contributed by atoms with Crippen molar-refractivity contribution in [2.45, 2.75) is 32.8 Å². The van der Waals surface area contributed by atoms with E-state index in [1.165, 1.54) is 18.2 Å². The van der Waals surface area contributed by atoms with Gasteiger partial charge in [-0.05, 0) is 55.0 Å². The van der Waals surface area contributed by atoms with Gasteiger partial charge >= 0.3 is 6.61 Å². The number of nitro benzene ring substituents is 1. The van der Waals surface area contributed by atoms with Gasteiger partial charge in [-0.15, -0.1) is 0 Å². The van der Waals surface area contributed by atoms with E-state index in [4.69, 9.17) is 0 Å². The number of nitrogens with one attached hydrogen (secondary N) is 1. The number of anilines is 1. The molecule has 0 saturated carbocycles. The maximum atomic E-state index is 12.5. The molecule has 2 aromatic carbocycles. The Morgan fingerprint density at radius 1 is 1.23 bits per heavy atom. The number of carbonyl (C=O) groups excluding carboxylic acids is 1. The number of ether oxygens (including phenoxy) is 1. The highest BCUT2D eigenvalue weighted by molar-refractivity contribution is 5.95. The Kier molecular flexibility index (Phi) is 7.38. The van der Waals surface area contributed by atoms with Crippen molar-refractivity contribution < 1.29 is 23.2 Å². The van der Waals surface area contributed by atoms with E-state index in [1.807, 2.05) is 4.90 Å². The summed E-state index contributed by atoms with van der Waals surface area (Å²) in [5.74, 6) is 0.270. The van der Waals surface area contributed by atoms with Gasteiger partial charge < -0.3 is 15.0 Å². The van der Waals surface area contributed by atoms with Crippen molar-refractivity contribution in [1.29, 1.82) is 0 Å². The van der Waals surface area contributed by atoms with Crippen LogP contribution in [0.15, 0.2) is 42.5 Å². The molecule has 1 saturated heterocycles. The molecule has 7 nitrogen and oxygen atoms in total. The van der Waals surface area contributed by atoms with Crippen molar-refractivity contribution in [1.82, 2.24) is 5.32 Å². The van der Waals surface area contributed by atoms with Gasteiger partial charge in [-0.2, -0.15) is 8.78 Å². The second-order valence-electron chi connectivity index (χ2n) is 7.66. The Balaban J connectivity index is 1.59. The van der Waals surface area contributed by atoms with Crippen LogP contribution in [0.4, 0.5) is 20.2 Å². The average Bonchev–Trinajstić information content (AvgIpc) is 2.74. The Morgan fingerprint density at radius 2 is 1.90 bits per heavy atom. The smallest absolute Gasteiger partial charge is 0.387 e. The van der Waals surface area contributed by atoms with E-state index in [0.717, 1.165) is 31.5 Å². The van der Waals surface area contributed by atoms with Crippen molar-refractivity contribution in [2.75, 3.05) is 24.5 Å². The highest BCUT2D eigenvalue weighted by Gasteiger charge is 2.24. The molecule has 1 amide bonds. The summed E-state index contributed by atoms with van der Waals surface area (Å²) in [6.45, 7) is 1.11. The summed E-state index contributed by atoms with van der Waals surface area (Å²) in [6, 6.07) is 10.7. The minimum Gasteiger partial charge on any atom is -0.435 e. The highest BCUT2D eigenvalue weighted by atomic mass is 19.3. The van der Waals surface area contributed by atoms with Crippen molar-refractivity contribution in [3.05, 3.63) is 63.7 Å². The number of halogens is 2. The van der Waals surface area contributed by atoms with Crippen LogP contribution in [0, 0.1) is 16.0 Å². The van der Waals surface area contributed by atoms with Gasteiger partial charge in [0.25, 0.3) is 11.6 Å². The quantitative estimate of drug-likeness (QED) is 0.493.